The van der Waals surface area contributed by atoms with Gasteiger partial charge in [0.1, 0.15) is 11.3 Å². The average molecular weight is 256 g/mol. The maximum absolute atomic E-state index is 12.8. The molecule has 0 aliphatic heterocycles. The number of carbonyl (C=O) groups is 1. The van der Waals surface area contributed by atoms with Gasteiger partial charge in [0, 0.05) is 17.7 Å². The van der Waals surface area contributed by atoms with Crippen molar-refractivity contribution in [2.24, 2.45) is 5.92 Å². The molecule has 2 heteroatoms. The Morgan fingerprint density at radius 3 is 2.68 bits per heavy atom. The van der Waals surface area contributed by atoms with Gasteiger partial charge in [-0.2, -0.15) is 0 Å². The van der Waals surface area contributed by atoms with Crippen LogP contribution in [0.15, 0.2) is 28.7 Å². The molecule has 0 atom stereocenters. The van der Waals surface area contributed by atoms with Gasteiger partial charge < -0.3 is 4.42 Å². The number of aryl methyl sites for hydroxylation is 1. The van der Waals surface area contributed by atoms with Crippen LogP contribution in [0, 0.1) is 5.92 Å². The molecule has 2 nitrogen and oxygen atoms in total. The fourth-order valence-corrected chi connectivity index (χ4v) is 3.18. The number of ketones is 1. The highest BCUT2D eigenvalue weighted by Crippen LogP contribution is 2.33. The number of rotatable bonds is 3. The molecule has 0 amide bonds. The predicted molar refractivity (Wildman–Crippen MR) is 76.5 cm³/mol. The molecule has 1 fully saturated rings. The highest BCUT2D eigenvalue weighted by atomic mass is 16.3. The SMILES string of the molecule is CCc1oc2ccccc2c1C(=O)C1CCCCC1. The van der Waals surface area contributed by atoms with E-state index in [1.165, 1.54) is 19.3 Å². The molecule has 2 aromatic rings. The van der Waals surface area contributed by atoms with E-state index in [2.05, 4.69) is 6.92 Å². The van der Waals surface area contributed by atoms with Crippen molar-refractivity contribution in [2.45, 2.75) is 45.4 Å². The molecular formula is C17H20O2. The minimum absolute atomic E-state index is 0.208. The third-order valence-electron chi connectivity index (χ3n) is 4.21. The second-order valence-corrected chi connectivity index (χ2v) is 5.45. The van der Waals surface area contributed by atoms with E-state index in [-0.39, 0.29) is 5.92 Å². The van der Waals surface area contributed by atoms with E-state index in [1.807, 2.05) is 24.3 Å². The van der Waals surface area contributed by atoms with Crippen LogP contribution >= 0.6 is 0 Å². The molecule has 0 unspecified atom stereocenters. The first-order valence-electron chi connectivity index (χ1n) is 7.36. The summed E-state index contributed by atoms with van der Waals surface area (Å²) in [6.45, 7) is 2.05. The van der Waals surface area contributed by atoms with E-state index in [1.54, 1.807) is 0 Å². The Labute approximate surface area is 113 Å². The Morgan fingerprint density at radius 2 is 1.95 bits per heavy atom. The van der Waals surface area contributed by atoms with Crippen LogP contribution in [0.25, 0.3) is 11.0 Å². The normalized spacial score (nSPS) is 16.9. The second-order valence-electron chi connectivity index (χ2n) is 5.45. The Morgan fingerprint density at radius 1 is 1.21 bits per heavy atom. The summed E-state index contributed by atoms with van der Waals surface area (Å²) in [6.07, 6.45) is 6.52. The number of furan rings is 1. The summed E-state index contributed by atoms with van der Waals surface area (Å²) in [5.74, 6) is 1.37. The van der Waals surface area contributed by atoms with Crippen LogP contribution in [0.1, 0.15) is 55.1 Å². The first-order chi connectivity index (χ1) is 9.31. The molecule has 1 aliphatic rings. The van der Waals surface area contributed by atoms with Gasteiger partial charge in [0.25, 0.3) is 0 Å². The van der Waals surface area contributed by atoms with E-state index < -0.39 is 0 Å². The average Bonchev–Trinajstić information content (AvgIpc) is 2.86. The maximum atomic E-state index is 12.8. The smallest absolute Gasteiger partial charge is 0.170 e. The third kappa shape index (κ3) is 2.20. The fourth-order valence-electron chi connectivity index (χ4n) is 3.18. The molecule has 0 radical (unpaired) electrons. The molecule has 0 N–H and O–H groups in total. The molecule has 100 valence electrons. The highest BCUT2D eigenvalue weighted by Gasteiger charge is 2.27. The zero-order valence-corrected chi connectivity index (χ0v) is 11.4. The summed E-state index contributed by atoms with van der Waals surface area (Å²) in [7, 11) is 0. The zero-order valence-electron chi connectivity index (χ0n) is 11.4. The second kappa shape index (κ2) is 5.20. The summed E-state index contributed by atoms with van der Waals surface area (Å²) in [4.78, 5) is 12.8. The van der Waals surface area contributed by atoms with E-state index >= 15 is 0 Å². The number of fused-ring (bicyclic) bond motifs is 1. The molecule has 0 saturated heterocycles. The number of hydrogen-bond acceptors (Lipinski definition) is 2. The van der Waals surface area contributed by atoms with Gasteiger partial charge >= 0.3 is 0 Å². The molecule has 1 heterocycles. The van der Waals surface area contributed by atoms with Crippen molar-refractivity contribution in [3.05, 3.63) is 35.6 Å². The van der Waals surface area contributed by atoms with Crippen LogP contribution in [-0.2, 0) is 6.42 Å². The molecule has 0 spiro atoms. The topological polar surface area (TPSA) is 30.2 Å². The summed E-state index contributed by atoms with van der Waals surface area (Å²) in [6, 6.07) is 7.90. The van der Waals surface area contributed by atoms with E-state index in [0.29, 0.717) is 5.78 Å². The molecule has 1 aromatic carbocycles. The lowest BCUT2D eigenvalue weighted by Crippen LogP contribution is -2.18. The quantitative estimate of drug-likeness (QED) is 0.741. The number of benzene rings is 1. The molecule has 1 saturated carbocycles. The Hall–Kier alpha value is -1.57. The Kier molecular flexibility index (Phi) is 3.41. The van der Waals surface area contributed by atoms with Crippen LogP contribution in [0.2, 0.25) is 0 Å². The molecule has 1 aromatic heterocycles. The largest absolute Gasteiger partial charge is 0.460 e. The molecular weight excluding hydrogens is 236 g/mol. The minimum Gasteiger partial charge on any atom is -0.460 e. The van der Waals surface area contributed by atoms with Crippen LogP contribution in [0.3, 0.4) is 0 Å². The van der Waals surface area contributed by atoms with E-state index in [4.69, 9.17) is 4.42 Å². The lowest BCUT2D eigenvalue weighted by molar-refractivity contribution is 0.0889. The molecule has 3 rings (SSSR count). The van der Waals surface area contributed by atoms with Crippen molar-refractivity contribution in [3.8, 4) is 0 Å². The molecule has 0 bridgehead atoms. The minimum atomic E-state index is 0.208. The first kappa shape index (κ1) is 12.5. The van der Waals surface area contributed by atoms with E-state index in [9.17, 15) is 4.79 Å². The summed E-state index contributed by atoms with van der Waals surface area (Å²) in [5, 5.41) is 0.995. The summed E-state index contributed by atoms with van der Waals surface area (Å²) < 4.78 is 5.84. The van der Waals surface area contributed by atoms with Crippen molar-refractivity contribution in [3.63, 3.8) is 0 Å². The van der Waals surface area contributed by atoms with Gasteiger partial charge in [0.05, 0.1) is 5.56 Å². The zero-order chi connectivity index (χ0) is 13.2. The van der Waals surface area contributed by atoms with Crippen molar-refractivity contribution >= 4 is 16.8 Å². The van der Waals surface area contributed by atoms with E-state index in [0.717, 1.165) is 41.6 Å². The lowest BCUT2D eigenvalue weighted by atomic mass is 9.83. The van der Waals surface area contributed by atoms with Gasteiger partial charge in [-0.15, -0.1) is 0 Å². The summed E-state index contributed by atoms with van der Waals surface area (Å²) in [5.41, 5.74) is 1.70. The van der Waals surface area contributed by atoms with Crippen molar-refractivity contribution in [1.82, 2.24) is 0 Å². The van der Waals surface area contributed by atoms with Gasteiger partial charge in [0.2, 0.25) is 0 Å². The van der Waals surface area contributed by atoms with Gasteiger partial charge in [-0.25, -0.2) is 0 Å². The van der Waals surface area contributed by atoms with Crippen molar-refractivity contribution < 1.29 is 9.21 Å². The predicted octanol–water partition coefficient (Wildman–Crippen LogP) is 4.76. The summed E-state index contributed by atoms with van der Waals surface area (Å²) >= 11 is 0. The standard InChI is InChI=1S/C17H20O2/c1-2-14-16(13-10-6-7-11-15(13)19-14)17(18)12-8-4-3-5-9-12/h6-7,10-12H,2-5,8-9H2,1H3. The number of carbonyl (C=O) groups excluding carboxylic acids is 1. The number of hydrogen-bond donors (Lipinski definition) is 0. The lowest BCUT2D eigenvalue weighted by Gasteiger charge is -2.20. The van der Waals surface area contributed by atoms with Crippen LogP contribution in [-0.4, -0.2) is 5.78 Å². The van der Waals surface area contributed by atoms with Crippen LogP contribution in [0.4, 0.5) is 0 Å². The highest BCUT2D eigenvalue weighted by molar-refractivity contribution is 6.09. The van der Waals surface area contributed by atoms with Crippen molar-refractivity contribution in [2.75, 3.05) is 0 Å². The Balaban J connectivity index is 2.04. The third-order valence-corrected chi connectivity index (χ3v) is 4.21. The fraction of sp³-hybridized carbons (Fsp3) is 0.471. The van der Waals surface area contributed by atoms with Gasteiger partial charge in [-0.1, -0.05) is 44.4 Å². The molecule has 1 aliphatic carbocycles. The number of para-hydroxylation sites is 1. The number of Topliss-reactive ketones (excluding diaryl/α,β-unsaturated/α-hetero) is 1. The van der Waals surface area contributed by atoms with Crippen LogP contribution in [0.5, 0.6) is 0 Å². The Bertz CT molecular complexity index is 588. The maximum Gasteiger partial charge on any atom is 0.170 e. The monoisotopic (exact) mass is 256 g/mol. The molecule has 19 heavy (non-hydrogen) atoms. The van der Waals surface area contributed by atoms with Gasteiger partial charge in [-0.3, -0.25) is 4.79 Å². The van der Waals surface area contributed by atoms with Gasteiger partial charge in [-0.05, 0) is 18.9 Å². The van der Waals surface area contributed by atoms with Crippen LogP contribution < -0.4 is 0 Å². The first-order valence-corrected chi connectivity index (χ1v) is 7.36. The van der Waals surface area contributed by atoms with Crippen molar-refractivity contribution in [1.29, 1.82) is 0 Å². The van der Waals surface area contributed by atoms with Gasteiger partial charge in [0.15, 0.2) is 5.78 Å².